The zero-order valence-corrected chi connectivity index (χ0v) is 11.1. The fourth-order valence-corrected chi connectivity index (χ4v) is 3.11. The van der Waals surface area contributed by atoms with E-state index in [2.05, 4.69) is 28.7 Å². The molecule has 2 rings (SSSR count). The molecule has 0 spiro atoms. The molecule has 0 amide bonds. The summed E-state index contributed by atoms with van der Waals surface area (Å²) in [6.07, 6.45) is 6.52. The minimum Gasteiger partial charge on any atom is -0.481 e. The lowest BCUT2D eigenvalue weighted by atomic mass is 9.73. The molecule has 2 unspecified atom stereocenters. The zero-order chi connectivity index (χ0) is 11.2. The summed E-state index contributed by atoms with van der Waals surface area (Å²) in [4.78, 5) is 11.3. The van der Waals surface area contributed by atoms with E-state index in [-0.39, 0.29) is 5.92 Å². The van der Waals surface area contributed by atoms with Crippen molar-refractivity contribution >= 4 is 28.6 Å². The van der Waals surface area contributed by atoms with Gasteiger partial charge in [-0.05, 0) is 59.8 Å². The molecule has 15 heavy (non-hydrogen) atoms. The third-order valence-corrected chi connectivity index (χ3v) is 4.53. The SMILES string of the molecule is CC1C=C(I)C(C2CC2)=CC1(C)C(=O)O. The molecule has 0 heterocycles. The first kappa shape index (κ1) is 11.2. The van der Waals surface area contributed by atoms with Gasteiger partial charge in [0, 0.05) is 3.58 Å². The van der Waals surface area contributed by atoms with Crippen molar-refractivity contribution in [1.29, 1.82) is 0 Å². The second-order valence-corrected chi connectivity index (χ2v) is 5.93. The van der Waals surface area contributed by atoms with Crippen molar-refractivity contribution in [2.75, 3.05) is 0 Å². The lowest BCUT2D eigenvalue weighted by Crippen LogP contribution is -2.34. The number of hydrogen-bond donors (Lipinski definition) is 1. The summed E-state index contributed by atoms with van der Waals surface area (Å²) in [5.74, 6) is -0.0166. The largest absolute Gasteiger partial charge is 0.481 e. The van der Waals surface area contributed by atoms with Crippen LogP contribution in [0.25, 0.3) is 0 Å². The Morgan fingerprint density at radius 2 is 2.20 bits per heavy atom. The van der Waals surface area contributed by atoms with E-state index in [1.807, 2.05) is 19.9 Å². The van der Waals surface area contributed by atoms with Gasteiger partial charge in [-0.2, -0.15) is 0 Å². The van der Waals surface area contributed by atoms with Crippen molar-refractivity contribution in [1.82, 2.24) is 0 Å². The fraction of sp³-hybridized carbons (Fsp3) is 0.583. The summed E-state index contributed by atoms with van der Waals surface area (Å²) in [6, 6.07) is 0. The van der Waals surface area contributed by atoms with Gasteiger partial charge in [-0.25, -0.2) is 0 Å². The maximum Gasteiger partial charge on any atom is 0.313 e. The molecule has 0 radical (unpaired) electrons. The molecule has 1 fully saturated rings. The molecule has 0 aromatic carbocycles. The van der Waals surface area contributed by atoms with Gasteiger partial charge in [-0.15, -0.1) is 0 Å². The van der Waals surface area contributed by atoms with Crippen molar-refractivity contribution in [2.45, 2.75) is 26.7 Å². The van der Waals surface area contributed by atoms with Gasteiger partial charge in [0.2, 0.25) is 0 Å². The third kappa shape index (κ3) is 1.86. The molecule has 2 aliphatic rings. The number of hydrogen-bond acceptors (Lipinski definition) is 1. The Labute approximate surface area is 104 Å². The van der Waals surface area contributed by atoms with Crippen LogP contribution in [0, 0.1) is 17.3 Å². The molecule has 0 aromatic heterocycles. The highest BCUT2D eigenvalue weighted by Crippen LogP contribution is 2.48. The highest BCUT2D eigenvalue weighted by Gasteiger charge is 2.41. The molecule has 82 valence electrons. The van der Waals surface area contributed by atoms with Gasteiger partial charge in [-0.3, -0.25) is 4.79 Å². The van der Waals surface area contributed by atoms with Crippen LogP contribution >= 0.6 is 22.6 Å². The van der Waals surface area contributed by atoms with E-state index in [0.29, 0.717) is 5.92 Å². The van der Waals surface area contributed by atoms with Crippen molar-refractivity contribution in [3.05, 3.63) is 21.3 Å². The maximum atomic E-state index is 11.3. The number of halogens is 1. The Kier molecular flexibility index (Phi) is 2.69. The number of allylic oxidation sites excluding steroid dienone is 3. The quantitative estimate of drug-likeness (QED) is 0.793. The average molecular weight is 318 g/mol. The van der Waals surface area contributed by atoms with Crippen molar-refractivity contribution in [2.24, 2.45) is 17.3 Å². The molecule has 3 heteroatoms. The average Bonchev–Trinajstić information content (AvgIpc) is 2.94. The number of carboxylic acids is 1. The van der Waals surface area contributed by atoms with Gasteiger partial charge < -0.3 is 5.11 Å². The monoisotopic (exact) mass is 318 g/mol. The third-order valence-electron chi connectivity index (χ3n) is 3.55. The minimum atomic E-state index is -0.716. The van der Waals surface area contributed by atoms with Crippen LogP contribution in [-0.2, 0) is 4.79 Å². The number of carboxylic acid groups (broad SMARTS) is 1. The van der Waals surface area contributed by atoms with E-state index >= 15 is 0 Å². The zero-order valence-electron chi connectivity index (χ0n) is 8.96. The van der Waals surface area contributed by atoms with E-state index in [1.54, 1.807) is 0 Å². The van der Waals surface area contributed by atoms with Gasteiger partial charge in [-0.1, -0.05) is 19.1 Å². The van der Waals surface area contributed by atoms with Gasteiger partial charge in [0.05, 0.1) is 5.41 Å². The highest BCUT2D eigenvalue weighted by atomic mass is 127. The molecule has 1 N–H and O–H groups in total. The first-order chi connectivity index (χ1) is 6.95. The Morgan fingerprint density at radius 1 is 1.60 bits per heavy atom. The Morgan fingerprint density at radius 3 is 2.67 bits per heavy atom. The summed E-state index contributed by atoms with van der Waals surface area (Å²) in [5, 5.41) is 9.30. The molecule has 1 saturated carbocycles. The van der Waals surface area contributed by atoms with Crippen molar-refractivity contribution in [3.63, 3.8) is 0 Å². The van der Waals surface area contributed by atoms with Crippen LogP contribution in [0.2, 0.25) is 0 Å². The molecule has 2 aliphatic carbocycles. The van der Waals surface area contributed by atoms with Crippen LogP contribution in [0.15, 0.2) is 21.3 Å². The fourth-order valence-electron chi connectivity index (χ4n) is 1.98. The Hall–Kier alpha value is -0.320. The standard InChI is InChI=1S/C12H15IO2/c1-7-5-10(13)9(8-3-4-8)6-12(7,2)11(14)15/h5-8H,3-4H2,1-2H3,(H,14,15). The maximum absolute atomic E-state index is 11.3. The van der Waals surface area contributed by atoms with Gasteiger partial charge in [0.15, 0.2) is 0 Å². The molecule has 2 atom stereocenters. The second kappa shape index (κ2) is 3.61. The lowest BCUT2D eigenvalue weighted by molar-refractivity contribution is -0.146. The summed E-state index contributed by atoms with van der Waals surface area (Å²) >= 11 is 2.33. The first-order valence-corrected chi connectivity index (χ1v) is 6.37. The number of carbonyl (C=O) groups is 1. The summed E-state index contributed by atoms with van der Waals surface area (Å²) < 4.78 is 1.25. The molecule has 2 nitrogen and oxygen atoms in total. The smallest absolute Gasteiger partial charge is 0.313 e. The van der Waals surface area contributed by atoms with E-state index in [1.165, 1.54) is 22.0 Å². The van der Waals surface area contributed by atoms with Crippen LogP contribution in [0.3, 0.4) is 0 Å². The summed E-state index contributed by atoms with van der Waals surface area (Å²) in [7, 11) is 0. The topological polar surface area (TPSA) is 37.3 Å². The van der Waals surface area contributed by atoms with Gasteiger partial charge in [0.25, 0.3) is 0 Å². The van der Waals surface area contributed by atoms with Gasteiger partial charge in [0.1, 0.15) is 0 Å². The van der Waals surface area contributed by atoms with E-state index in [0.717, 1.165) is 0 Å². The van der Waals surface area contributed by atoms with E-state index in [9.17, 15) is 9.90 Å². The van der Waals surface area contributed by atoms with Crippen LogP contribution in [0.1, 0.15) is 26.7 Å². The second-order valence-electron chi connectivity index (χ2n) is 4.77. The summed E-state index contributed by atoms with van der Waals surface area (Å²) in [6.45, 7) is 3.80. The van der Waals surface area contributed by atoms with E-state index < -0.39 is 11.4 Å². The molecular formula is C12H15IO2. The molecule has 0 saturated heterocycles. The predicted octanol–water partition coefficient (Wildman–Crippen LogP) is 3.38. The highest BCUT2D eigenvalue weighted by molar-refractivity contribution is 14.1. The molecule has 0 bridgehead atoms. The summed E-state index contributed by atoms with van der Waals surface area (Å²) in [5.41, 5.74) is 0.547. The van der Waals surface area contributed by atoms with Crippen LogP contribution in [0.4, 0.5) is 0 Å². The molecule has 0 aliphatic heterocycles. The Balaban J connectivity index is 2.38. The van der Waals surface area contributed by atoms with Crippen molar-refractivity contribution < 1.29 is 9.90 Å². The van der Waals surface area contributed by atoms with Crippen LogP contribution < -0.4 is 0 Å². The normalized spacial score (nSPS) is 35.8. The first-order valence-electron chi connectivity index (χ1n) is 5.29. The predicted molar refractivity (Wildman–Crippen MR) is 67.8 cm³/mol. The van der Waals surface area contributed by atoms with Crippen LogP contribution in [0.5, 0.6) is 0 Å². The van der Waals surface area contributed by atoms with E-state index in [4.69, 9.17) is 0 Å². The van der Waals surface area contributed by atoms with Gasteiger partial charge >= 0.3 is 5.97 Å². The lowest BCUT2D eigenvalue weighted by Gasteiger charge is -2.31. The van der Waals surface area contributed by atoms with Crippen molar-refractivity contribution in [3.8, 4) is 0 Å². The number of rotatable bonds is 2. The Bertz CT molecular complexity index is 366. The molecular weight excluding hydrogens is 303 g/mol. The molecule has 0 aromatic rings. The number of aliphatic carboxylic acids is 1. The minimum absolute atomic E-state index is 0.0735. The van der Waals surface area contributed by atoms with Crippen LogP contribution in [-0.4, -0.2) is 11.1 Å².